The molecular formula is C14H29IN4O2S. The summed E-state index contributed by atoms with van der Waals surface area (Å²) < 4.78 is 4.92. The van der Waals surface area contributed by atoms with Crippen LogP contribution in [0.3, 0.4) is 0 Å². The van der Waals surface area contributed by atoms with Crippen molar-refractivity contribution in [3.05, 3.63) is 0 Å². The summed E-state index contributed by atoms with van der Waals surface area (Å²) in [4.78, 5) is 17.5. The van der Waals surface area contributed by atoms with Crippen LogP contribution in [0.25, 0.3) is 0 Å². The molecule has 0 radical (unpaired) electrons. The third-order valence-electron chi connectivity index (χ3n) is 3.73. The minimum Gasteiger partial charge on any atom is -0.453 e. The molecule has 1 fully saturated rings. The number of hydrogen-bond acceptors (Lipinski definition) is 4. The number of halogens is 1. The fourth-order valence-electron chi connectivity index (χ4n) is 2.09. The molecule has 1 aliphatic heterocycles. The molecule has 0 aromatic carbocycles. The zero-order valence-corrected chi connectivity index (χ0v) is 17.3. The van der Waals surface area contributed by atoms with Crippen molar-refractivity contribution in [3.8, 4) is 0 Å². The molecule has 1 amide bonds. The minimum absolute atomic E-state index is 0. The van der Waals surface area contributed by atoms with Crippen molar-refractivity contribution in [2.45, 2.75) is 37.5 Å². The average molecular weight is 444 g/mol. The molecule has 130 valence electrons. The van der Waals surface area contributed by atoms with E-state index in [-0.39, 0.29) is 34.8 Å². The highest BCUT2D eigenvalue weighted by molar-refractivity contribution is 14.0. The molecule has 0 spiro atoms. The van der Waals surface area contributed by atoms with Crippen LogP contribution in [0.5, 0.6) is 0 Å². The maximum absolute atomic E-state index is 11.4. The smallest absolute Gasteiger partial charge is 0.409 e. The first kappa shape index (κ1) is 21.6. The van der Waals surface area contributed by atoms with Crippen molar-refractivity contribution in [3.63, 3.8) is 0 Å². The van der Waals surface area contributed by atoms with Crippen LogP contribution >= 0.6 is 35.7 Å². The number of piperidine rings is 1. The number of nitrogens with one attached hydrogen (secondary N) is 2. The van der Waals surface area contributed by atoms with E-state index in [0.29, 0.717) is 6.04 Å². The van der Waals surface area contributed by atoms with Gasteiger partial charge in [-0.25, -0.2) is 4.79 Å². The van der Waals surface area contributed by atoms with E-state index in [1.54, 1.807) is 11.9 Å². The number of methoxy groups -OCH3 is 1. The molecule has 1 saturated heterocycles. The summed E-state index contributed by atoms with van der Waals surface area (Å²) >= 11 is 1.83. The molecule has 0 aromatic heterocycles. The Morgan fingerprint density at radius 2 is 2.00 bits per heavy atom. The standard InChI is InChI=1S/C14H28N4O2S.HI/c1-14(2,21-5)10-16-12(15-3)17-11-6-8-18(9-7-11)13(19)20-4;/h11H,6-10H2,1-5H3,(H2,15,16,17);1H. The fraction of sp³-hybridized carbons (Fsp3) is 0.857. The monoisotopic (exact) mass is 444 g/mol. The van der Waals surface area contributed by atoms with Crippen LogP contribution in [-0.2, 0) is 4.74 Å². The highest BCUT2D eigenvalue weighted by Crippen LogP contribution is 2.19. The lowest BCUT2D eigenvalue weighted by molar-refractivity contribution is 0.111. The number of rotatable bonds is 4. The molecule has 0 unspecified atom stereocenters. The van der Waals surface area contributed by atoms with Crippen LogP contribution in [0.1, 0.15) is 26.7 Å². The molecule has 0 aromatic rings. The highest BCUT2D eigenvalue weighted by atomic mass is 127. The van der Waals surface area contributed by atoms with Gasteiger partial charge < -0.3 is 20.3 Å². The van der Waals surface area contributed by atoms with Crippen LogP contribution in [0, 0.1) is 0 Å². The first-order chi connectivity index (χ1) is 9.91. The number of nitrogens with zero attached hydrogens (tertiary/aromatic N) is 2. The highest BCUT2D eigenvalue weighted by Gasteiger charge is 2.24. The zero-order valence-electron chi connectivity index (χ0n) is 14.1. The number of amides is 1. The van der Waals surface area contributed by atoms with Crippen molar-refractivity contribution in [1.29, 1.82) is 0 Å². The van der Waals surface area contributed by atoms with Gasteiger partial charge in [0.25, 0.3) is 0 Å². The predicted octanol–water partition coefficient (Wildman–Crippen LogP) is 2.14. The van der Waals surface area contributed by atoms with Gasteiger partial charge in [-0.1, -0.05) is 0 Å². The maximum atomic E-state index is 11.4. The number of ether oxygens (including phenoxy) is 1. The van der Waals surface area contributed by atoms with Gasteiger partial charge in [-0.15, -0.1) is 24.0 Å². The van der Waals surface area contributed by atoms with E-state index < -0.39 is 0 Å². The number of carbonyl (C=O) groups excluding carboxylic acids is 1. The van der Waals surface area contributed by atoms with Crippen LogP contribution < -0.4 is 10.6 Å². The molecule has 0 saturated carbocycles. The quantitative estimate of drug-likeness (QED) is 0.395. The molecule has 2 N–H and O–H groups in total. The first-order valence-corrected chi connectivity index (χ1v) is 8.49. The summed E-state index contributed by atoms with van der Waals surface area (Å²) in [5.74, 6) is 0.827. The van der Waals surface area contributed by atoms with Gasteiger partial charge in [-0.2, -0.15) is 11.8 Å². The summed E-state index contributed by atoms with van der Waals surface area (Å²) in [6.45, 7) is 6.70. The molecule has 22 heavy (non-hydrogen) atoms. The van der Waals surface area contributed by atoms with Gasteiger partial charge in [0.1, 0.15) is 0 Å². The Morgan fingerprint density at radius 1 is 1.41 bits per heavy atom. The molecule has 8 heteroatoms. The second-order valence-electron chi connectivity index (χ2n) is 5.77. The Labute approximate surface area is 155 Å². The van der Waals surface area contributed by atoms with E-state index in [2.05, 4.69) is 35.7 Å². The Balaban J connectivity index is 0.00000441. The van der Waals surface area contributed by atoms with Crippen molar-refractivity contribution in [2.75, 3.05) is 40.0 Å². The summed E-state index contributed by atoms with van der Waals surface area (Å²) in [6, 6.07) is 0.342. The number of guanidine groups is 1. The third-order valence-corrected chi connectivity index (χ3v) is 4.98. The molecule has 0 atom stereocenters. The third kappa shape index (κ3) is 7.26. The summed E-state index contributed by atoms with van der Waals surface area (Å²) in [5.41, 5.74) is 0. The summed E-state index contributed by atoms with van der Waals surface area (Å²) in [7, 11) is 3.21. The SMILES string of the molecule is CN=C(NCC(C)(C)SC)NC1CCN(C(=O)OC)CC1.I. The number of thioether (sulfide) groups is 1. The Kier molecular flexibility index (Phi) is 10.2. The van der Waals surface area contributed by atoms with Gasteiger partial charge in [0.2, 0.25) is 0 Å². The van der Waals surface area contributed by atoms with Gasteiger partial charge >= 0.3 is 6.09 Å². The van der Waals surface area contributed by atoms with Crippen molar-refractivity contribution >= 4 is 47.8 Å². The molecule has 6 nitrogen and oxygen atoms in total. The predicted molar refractivity (Wildman–Crippen MR) is 105 cm³/mol. The van der Waals surface area contributed by atoms with Crippen LogP contribution in [0.4, 0.5) is 4.79 Å². The average Bonchev–Trinajstić information content (AvgIpc) is 2.51. The zero-order chi connectivity index (χ0) is 15.9. The lowest BCUT2D eigenvalue weighted by Gasteiger charge is -2.32. The largest absolute Gasteiger partial charge is 0.453 e. The number of carbonyl (C=O) groups is 1. The van der Waals surface area contributed by atoms with Crippen LogP contribution in [0.15, 0.2) is 4.99 Å². The van der Waals surface area contributed by atoms with Gasteiger partial charge in [0.05, 0.1) is 7.11 Å². The van der Waals surface area contributed by atoms with Gasteiger partial charge in [0.15, 0.2) is 5.96 Å². The molecule has 1 heterocycles. The number of likely N-dealkylation sites (tertiary alicyclic amines) is 1. The number of aliphatic imine (C=N–C) groups is 1. The minimum atomic E-state index is -0.238. The topological polar surface area (TPSA) is 66.0 Å². The maximum Gasteiger partial charge on any atom is 0.409 e. The molecule has 0 aliphatic carbocycles. The molecule has 0 bridgehead atoms. The van der Waals surface area contributed by atoms with Crippen LogP contribution in [0.2, 0.25) is 0 Å². The normalized spacial score (nSPS) is 16.8. The lowest BCUT2D eigenvalue weighted by Crippen LogP contribution is -2.51. The van der Waals surface area contributed by atoms with E-state index in [4.69, 9.17) is 4.74 Å². The summed E-state index contributed by atoms with van der Waals surface area (Å²) in [6.07, 6.45) is 3.68. The van der Waals surface area contributed by atoms with E-state index in [1.165, 1.54) is 7.11 Å². The lowest BCUT2D eigenvalue weighted by atomic mass is 10.1. The Morgan fingerprint density at radius 3 is 2.45 bits per heavy atom. The van der Waals surface area contributed by atoms with E-state index in [9.17, 15) is 4.79 Å². The van der Waals surface area contributed by atoms with Crippen molar-refractivity contribution in [2.24, 2.45) is 4.99 Å². The second-order valence-corrected chi connectivity index (χ2v) is 7.28. The van der Waals surface area contributed by atoms with Gasteiger partial charge in [0, 0.05) is 37.5 Å². The molecule has 1 rings (SSSR count). The van der Waals surface area contributed by atoms with E-state index in [0.717, 1.165) is 38.4 Å². The van der Waals surface area contributed by atoms with Gasteiger partial charge in [-0.05, 0) is 32.9 Å². The second kappa shape index (κ2) is 10.4. The molecule has 1 aliphatic rings. The van der Waals surface area contributed by atoms with E-state index in [1.807, 2.05) is 11.8 Å². The first-order valence-electron chi connectivity index (χ1n) is 7.27. The van der Waals surface area contributed by atoms with Crippen LogP contribution in [-0.4, -0.2) is 67.8 Å². The van der Waals surface area contributed by atoms with Crippen molar-refractivity contribution in [1.82, 2.24) is 15.5 Å². The van der Waals surface area contributed by atoms with Gasteiger partial charge in [-0.3, -0.25) is 4.99 Å². The van der Waals surface area contributed by atoms with E-state index >= 15 is 0 Å². The van der Waals surface area contributed by atoms with Crippen molar-refractivity contribution < 1.29 is 9.53 Å². The Hall–Kier alpha value is -0.380. The summed E-state index contributed by atoms with van der Waals surface area (Å²) in [5, 5.41) is 6.80. The molecular weight excluding hydrogens is 415 g/mol. The Bertz CT molecular complexity index is 372. The number of hydrogen-bond donors (Lipinski definition) is 2. The fourth-order valence-corrected chi connectivity index (χ4v) is 2.31.